The number of thiophene rings is 1. The zero-order chi connectivity index (χ0) is 14.9. The van der Waals surface area contributed by atoms with Gasteiger partial charge in [0.05, 0.1) is 22.8 Å². The average molecular weight is 330 g/mol. The van der Waals surface area contributed by atoms with Crippen molar-refractivity contribution < 1.29 is 9.53 Å². The molecule has 0 saturated heterocycles. The fourth-order valence-corrected chi connectivity index (χ4v) is 3.47. The summed E-state index contributed by atoms with van der Waals surface area (Å²) in [6.07, 6.45) is 0.717. The van der Waals surface area contributed by atoms with Gasteiger partial charge in [-0.05, 0) is 29.7 Å². The van der Waals surface area contributed by atoms with Crippen LogP contribution in [0.15, 0.2) is 18.2 Å². The topological polar surface area (TPSA) is 52.3 Å². The van der Waals surface area contributed by atoms with Crippen molar-refractivity contribution in [3.63, 3.8) is 0 Å². The van der Waals surface area contributed by atoms with Crippen LogP contribution in [0.1, 0.15) is 22.2 Å². The van der Waals surface area contributed by atoms with Crippen molar-refractivity contribution in [1.82, 2.24) is 0 Å². The minimum Gasteiger partial charge on any atom is -0.465 e. The van der Waals surface area contributed by atoms with Crippen LogP contribution in [0.3, 0.4) is 0 Å². The van der Waals surface area contributed by atoms with Gasteiger partial charge in [-0.2, -0.15) is 0 Å². The van der Waals surface area contributed by atoms with Crippen molar-refractivity contribution in [3.05, 3.63) is 38.7 Å². The van der Waals surface area contributed by atoms with Crippen molar-refractivity contribution >= 4 is 46.2 Å². The van der Waals surface area contributed by atoms with Gasteiger partial charge in [-0.25, -0.2) is 4.79 Å². The van der Waals surface area contributed by atoms with Crippen molar-refractivity contribution in [2.24, 2.45) is 0 Å². The van der Waals surface area contributed by atoms with Crippen LogP contribution in [-0.4, -0.2) is 13.1 Å². The zero-order valence-electron chi connectivity index (χ0n) is 11.0. The third kappa shape index (κ3) is 2.64. The molecule has 0 radical (unpaired) electrons. The minimum absolute atomic E-state index is 0.422. The number of nitrogen functional groups attached to an aromatic ring is 1. The van der Waals surface area contributed by atoms with Gasteiger partial charge in [0.15, 0.2) is 0 Å². The Bertz CT molecular complexity index is 667. The summed E-state index contributed by atoms with van der Waals surface area (Å²) in [5.41, 5.74) is 8.34. The SMILES string of the molecule is CCc1c(-c2ccc(Cl)c(Cl)c2)sc(C(=O)OC)c1N. The molecule has 0 spiro atoms. The Morgan fingerprint density at radius 2 is 2.05 bits per heavy atom. The molecule has 0 saturated carbocycles. The normalized spacial score (nSPS) is 10.6. The van der Waals surface area contributed by atoms with E-state index in [9.17, 15) is 4.79 Å². The molecule has 0 atom stereocenters. The monoisotopic (exact) mass is 329 g/mol. The lowest BCUT2D eigenvalue weighted by Crippen LogP contribution is -2.02. The van der Waals surface area contributed by atoms with Gasteiger partial charge in [-0.1, -0.05) is 36.2 Å². The molecule has 106 valence electrons. The van der Waals surface area contributed by atoms with Crippen LogP contribution in [0, 0.1) is 0 Å². The second-order valence-corrected chi connectivity index (χ2v) is 5.96. The Morgan fingerprint density at radius 1 is 1.35 bits per heavy atom. The number of carbonyl (C=O) groups excluding carboxylic acids is 1. The molecule has 0 unspecified atom stereocenters. The van der Waals surface area contributed by atoms with E-state index in [0.717, 1.165) is 22.4 Å². The summed E-state index contributed by atoms with van der Waals surface area (Å²) in [6.45, 7) is 1.99. The standard InChI is InChI=1S/C14H13Cl2NO2S/c1-3-8-11(17)13(14(18)19-2)20-12(8)7-4-5-9(15)10(16)6-7/h4-6H,3,17H2,1-2H3. The third-order valence-electron chi connectivity index (χ3n) is 2.95. The molecule has 1 aromatic carbocycles. The summed E-state index contributed by atoms with van der Waals surface area (Å²) in [4.78, 5) is 13.1. The third-order valence-corrected chi connectivity index (χ3v) is 4.97. The number of nitrogens with two attached hydrogens (primary N) is 1. The number of rotatable bonds is 3. The summed E-state index contributed by atoms with van der Waals surface area (Å²) >= 11 is 13.3. The molecule has 20 heavy (non-hydrogen) atoms. The number of benzene rings is 1. The number of carbonyl (C=O) groups is 1. The lowest BCUT2D eigenvalue weighted by Gasteiger charge is -2.04. The number of esters is 1. The number of halogens is 2. The molecule has 0 fully saturated rings. The molecule has 2 aromatic rings. The van der Waals surface area contributed by atoms with Crippen LogP contribution in [0.25, 0.3) is 10.4 Å². The Hall–Kier alpha value is -1.23. The number of methoxy groups -OCH3 is 1. The van der Waals surface area contributed by atoms with Gasteiger partial charge >= 0.3 is 5.97 Å². The van der Waals surface area contributed by atoms with E-state index < -0.39 is 5.97 Å². The maximum atomic E-state index is 11.7. The first-order valence-electron chi connectivity index (χ1n) is 5.94. The van der Waals surface area contributed by atoms with Crippen molar-refractivity contribution in [1.29, 1.82) is 0 Å². The summed E-state index contributed by atoms with van der Waals surface area (Å²) < 4.78 is 4.75. The number of hydrogen-bond donors (Lipinski definition) is 1. The number of hydrogen-bond acceptors (Lipinski definition) is 4. The number of anilines is 1. The smallest absolute Gasteiger partial charge is 0.350 e. The highest BCUT2D eigenvalue weighted by atomic mass is 35.5. The molecule has 0 amide bonds. The van der Waals surface area contributed by atoms with Crippen LogP contribution < -0.4 is 5.73 Å². The van der Waals surface area contributed by atoms with Gasteiger partial charge in [0, 0.05) is 4.88 Å². The van der Waals surface area contributed by atoms with E-state index in [1.807, 2.05) is 13.0 Å². The Kier molecular flexibility index (Phi) is 4.58. The maximum absolute atomic E-state index is 11.7. The number of ether oxygens (including phenoxy) is 1. The quantitative estimate of drug-likeness (QED) is 0.833. The highest BCUT2D eigenvalue weighted by molar-refractivity contribution is 7.18. The minimum atomic E-state index is -0.423. The van der Waals surface area contributed by atoms with Crippen LogP contribution in [-0.2, 0) is 11.2 Å². The van der Waals surface area contributed by atoms with Gasteiger partial charge in [-0.15, -0.1) is 11.3 Å². The van der Waals surface area contributed by atoms with Gasteiger partial charge in [0.2, 0.25) is 0 Å². The van der Waals surface area contributed by atoms with Crippen molar-refractivity contribution in [2.45, 2.75) is 13.3 Å². The van der Waals surface area contributed by atoms with Crippen molar-refractivity contribution in [3.8, 4) is 10.4 Å². The molecule has 6 heteroatoms. The lowest BCUT2D eigenvalue weighted by atomic mass is 10.1. The molecule has 2 rings (SSSR count). The fraction of sp³-hybridized carbons (Fsp3) is 0.214. The van der Waals surface area contributed by atoms with E-state index in [1.54, 1.807) is 12.1 Å². The summed E-state index contributed by atoms with van der Waals surface area (Å²) in [5, 5.41) is 0.962. The summed E-state index contributed by atoms with van der Waals surface area (Å²) in [6, 6.07) is 5.36. The molecule has 1 heterocycles. The van der Waals surface area contributed by atoms with Crippen LogP contribution in [0.2, 0.25) is 10.0 Å². The van der Waals surface area contributed by atoms with Crippen LogP contribution in [0.5, 0.6) is 0 Å². The van der Waals surface area contributed by atoms with E-state index in [-0.39, 0.29) is 0 Å². The Balaban J connectivity index is 2.61. The maximum Gasteiger partial charge on any atom is 0.350 e. The highest BCUT2D eigenvalue weighted by Crippen LogP contribution is 2.40. The Morgan fingerprint density at radius 3 is 2.60 bits per heavy atom. The van der Waals surface area contributed by atoms with Crippen molar-refractivity contribution in [2.75, 3.05) is 12.8 Å². The first kappa shape index (κ1) is 15.2. The highest BCUT2D eigenvalue weighted by Gasteiger charge is 2.21. The van der Waals surface area contributed by atoms with Crippen LogP contribution >= 0.6 is 34.5 Å². The molecule has 0 bridgehead atoms. The molecular weight excluding hydrogens is 317 g/mol. The first-order chi connectivity index (χ1) is 9.49. The average Bonchev–Trinajstić information content (AvgIpc) is 2.78. The predicted molar refractivity (Wildman–Crippen MR) is 84.9 cm³/mol. The van der Waals surface area contributed by atoms with Gasteiger partial charge in [-0.3, -0.25) is 0 Å². The largest absolute Gasteiger partial charge is 0.465 e. The molecular formula is C14H13Cl2NO2S. The first-order valence-corrected chi connectivity index (χ1v) is 7.51. The van der Waals surface area contributed by atoms with E-state index in [0.29, 0.717) is 20.6 Å². The fourth-order valence-electron chi connectivity index (χ4n) is 1.94. The molecule has 0 aliphatic heterocycles. The zero-order valence-corrected chi connectivity index (χ0v) is 13.3. The molecule has 1 aromatic heterocycles. The van der Waals surface area contributed by atoms with E-state index in [2.05, 4.69) is 0 Å². The van der Waals surface area contributed by atoms with E-state index in [4.69, 9.17) is 33.7 Å². The van der Waals surface area contributed by atoms with Gasteiger partial charge < -0.3 is 10.5 Å². The van der Waals surface area contributed by atoms with Gasteiger partial charge in [0.25, 0.3) is 0 Å². The molecule has 3 nitrogen and oxygen atoms in total. The Labute approximate surface area is 131 Å². The van der Waals surface area contributed by atoms with Gasteiger partial charge in [0.1, 0.15) is 4.88 Å². The second-order valence-electron chi connectivity index (χ2n) is 4.13. The molecule has 2 N–H and O–H groups in total. The molecule has 0 aliphatic rings. The summed E-state index contributed by atoms with van der Waals surface area (Å²) in [5.74, 6) is -0.423. The molecule has 0 aliphatic carbocycles. The lowest BCUT2D eigenvalue weighted by molar-refractivity contribution is 0.0607. The van der Waals surface area contributed by atoms with E-state index >= 15 is 0 Å². The summed E-state index contributed by atoms with van der Waals surface area (Å²) in [7, 11) is 1.34. The van der Waals surface area contributed by atoms with E-state index in [1.165, 1.54) is 18.4 Å². The predicted octanol–water partition coefficient (Wildman–Crippen LogP) is 4.65. The second kappa shape index (κ2) is 6.04. The van der Waals surface area contributed by atoms with Crippen LogP contribution in [0.4, 0.5) is 5.69 Å².